The van der Waals surface area contributed by atoms with E-state index in [0.717, 1.165) is 0 Å². The molecule has 66 valence electrons. The Kier molecular flexibility index (Phi) is 2.69. The standard InChI is InChI=1S/C9H6BrNO2/c1-5-6(4-11)2-3-7(8(5)10)9(12)13/h2-3H,1H3,(H,12,13). The SMILES string of the molecule is Cc1c(C#N)ccc(C(=O)O)c1Br. The monoisotopic (exact) mass is 239 g/mol. The van der Waals surface area contributed by atoms with Gasteiger partial charge in [-0.2, -0.15) is 5.26 Å². The van der Waals surface area contributed by atoms with Crippen LogP contribution in [-0.4, -0.2) is 11.1 Å². The maximum Gasteiger partial charge on any atom is 0.336 e. The van der Waals surface area contributed by atoms with Crippen LogP contribution >= 0.6 is 15.9 Å². The van der Waals surface area contributed by atoms with Gasteiger partial charge in [0.1, 0.15) is 0 Å². The summed E-state index contributed by atoms with van der Waals surface area (Å²) in [5, 5.41) is 17.4. The molecule has 0 radical (unpaired) electrons. The first-order valence-corrected chi connectivity index (χ1v) is 4.29. The largest absolute Gasteiger partial charge is 0.478 e. The number of rotatable bonds is 1. The van der Waals surface area contributed by atoms with Crippen molar-refractivity contribution in [3.8, 4) is 6.07 Å². The third-order valence-electron chi connectivity index (χ3n) is 1.74. The number of nitriles is 1. The molecule has 0 saturated heterocycles. The quantitative estimate of drug-likeness (QED) is 0.819. The van der Waals surface area contributed by atoms with Crippen molar-refractivity contribution in [3.63, 3.8) is 0 Å². The Morgan fingerprint density at radius 2 is 2.23 bits per heavy atom. The highest BCUT2D eigenvalue weighted by atomic mass is 79.9. The maximum absolute atomic E-state index is 10.7. The number of nitrogens with zero attached hydrogens (tertiary/aromatic N) is 1. The number of hydrogen-bond acceptors (Lipinski definition) is 2. The lowest BCUT2D eigenvalue weighted by atomic mass is 10.1. The average Bonchev–Trinajstić information content (AvgIpc) is 2.09. The Balaban J connectivity index is 3.42. The molecule has 0 unspecified atom stereocenters. The molecule has 0 spiro atoms. The number of benzene rings is 1. The van der Waals surface area contributed by atoms with Gasteiger partial charge in [0.15, 0.2) is 0 Å². The van der Waals surface area contributed by atoms with Crippen LogP contribution in [-0.2, 0) is 0 Å². The summed E-state index contributed by atoms with van der Waals surface area (Å²) in [6.45, 7) is 1.70. The van der Waals surface area contributed by atoms with E-state index in [9.17, 15) is 4.79 Å². The fraction of sp³-hybridized carbons (Fsp3) is 0.111. The molecule has 0 amide bonds. The highest BCUT2D eigenvalue weighted by Gasteiger charge is 2.12. The molecule has 0 heterocycles. The van der Waals surface area contributed by atoms with Crippen LogP contribution in [0.3, 0.4) is 0 Å². The molecule has 3 nitrogen and oxygen atoms in total. The lowest BCUT2D eigenvalue weighted by Gasteiger charge is -2.03. The van der Waals surface area contributed by atoms with Crippen molar-refractivity contribution < 1.29 is 9.90 Å². The van der Waals surface area contributed by atoms with Crippen molar-refractivity contribution in [2.75, 3.05) is 0 Å². The summed E-state index contributed by atoms with van der Waals surface area (Å²) < 4.78 is 0.471. The minimum absolute atomic E-state index is 0.177. The zero-order valence-corrected chi connectivity index (χ0v) is 8.42. The van der Waals surface area contributed by atoms with Crippen molar-refractivity contribution in [1.29, 1.82) is 5.26 Å². The molecule has 1 aromatic rings. The van der Waals surface area contributed by atoms with Gasteiger partial charge in [0.2, 0.25) is 0 Å². The van der Waals surface area contributed by atoms with E-state index in [1.54, 1.807) is 6.92 Å². The fourth-order valence-corrected chi connectivity index (χ4v) is 1.49. The first kappa shape index (κ1) is 9.75. The van der Waals surface area contributed by atoms with Crippen molar-refractivity contribution in [2.45, 2.75) is 6.92 Å². The number of carboxylic acid groups (broad SMARTS) is 1. The van der Waals surface area contributed by atoms with E-state index in [1.165, 1.54) is 12.1 Å². The highest BCUT2D eigenvalue weighted by molar-refractivity contribution is 9.10. The Labute approximate surface area is 83.7 Å². The molecule has 0 bridgehead atoms. The average molecular weight is 240 g/mol. The Hall–Kier alpha value is -1.34. The van der Waals surface area contributed by atoms with Gasteiger partial charge < -0.3 is 5.11 Å². The van der Waals surface area contributed by atoms with Crippen molar-refractivity contribution in [2.24, 2.45) is 0 Å². The van der Waals surface area contributed by atoms with Crippen molar-refractivity contribution >= 4 is 21.9 Å². The first-order chi connectivity index (χ1) is 6.07. The molecule has 0 fully saturated rings. The van der Waals surface area contributed by atoms with Gasteiger partial charge in [-0.1, -0.05) is 0 Å². The number of carboxylic acids is 1. The zero-order valence-electron chi connectivity index (χ0n) is 6.84. The third kappa shape index (κ3) is 1.70. The second-order valence-electron chi connectivity index (χ2n) is 2.52. The second kappa shape index (κ2) is 3.58. The topological polar surface area (TPSA) is 61.1 Å². The van der Waals surface area contributed by atoms with Crippen LogP contribution in [0.5, 0.6) is 0 Å². The van der Waals surface area contributed by atoms with Crippen LogP contribution in [0.4, 0.5) is 0 Å². The molecular formula is C9H6BrNO2. The Morgan fingerprint density at radius 1 is 1.62 bits per heavy atom. The maximum atomic E-state index is 10.7. The highest BCUT2D eigenvalue weighted by Crippen LogP contribution is 2.23. The summed E-state index contributed by atoms with van der Waals surface area (Å²) in [6, 6.07) is 4.90. The predicted octanol–water partition coefficient (Wildman–Crippen LogP) is 2.33. The van der Waals surface area contributed by atoms with Gasteiger partial charge in [0.05, 0.1) is 17.2 Å². The van der Waals surface area contributed by atoms with Crippen molar-refractivity contribution in [3.05, 3.63) is 33.3 Å². The van der Waals surface area contributed by atoms with Crippen LogP contribution in [0.15, 0.2) is 16.6 Å². The molecular weight excluding hydrogens is 234 g/mol. The molecule has 0 aliphatic carbocycles. The molecule has 13 heavy (non-hydrogen) atoms. The summed E-state index contributed by atoms with van der Waals surface area (Å²) in [6.07, 6.45) is 0. The smallest absolute Gasteiger partial charge is 0.336 e. The third-order valence-corrected chi connectivity index (χ3v) is 2.76. The molecule has 4 heteroatoms. The van der Waals surface area contributed by atoms with Gasteiger partial charge in [0, 0.05) is 4.47 Å². The Morgan fingerprint density at radius 3 is 2.69 bits per heavy atom. The second-order valence-corrected chi connectivity index (χ2v) is 3.31. The van der Waals surface area contributed by atoms with Crippen LogP contribution in [0, 0.1) is 18.3 Å². The van der Waals surface area contributed by atoms with Gasteiger partial charge >= 0.3 is 5.97 Å². The van der Waals surface area contributed by atoms with Crippen LogP contribution in [0.25, 0.3) is 0 Å². The van der Waals surface area contributed by atoms with E-state index in [2.05, 4.69) is 15.9 Å². The normalized spacial score (nSPS) is 9.31. The number of aromatic carboxylic acids is 1. The summed E-state index contributed by atoms with van der Waals surface area (Å²) in [5.41, 5.74) is 1.32. The van der Waals surface area contributed by atoms with Gasteiger partial charge in [0.25, 0.3) is 0 Å². The first-order valence-electron chi connectivity index (χ1n) is 3.50. The minimum atomic E-state index is -1.00. The summed E-state index contributed by atoms with van der Waals surface area (Å²) in [5.74, 6) is -1.00. The number of hydrogen-bond donors (Lipinski definition) is 1. The minimum Gasteiger partial charge on any atom is -0.478 e. The van der Waals surface area contributed by atoms with Gasteiger partial charge in [-0.3, -0.25) is 0 Å². The van der Waals surface area contributed by atoms with E-state index in [-0.39, 0.29) is 5.56 Å². The molecule has 1 rings (SSSR count). The number of carbonyl (C=O) groups is 1. The molecule has 1 N–H and O–H groups in total. The van der Waals surface area contributed by atoms with E-state index in [4.69, 9.17) is 10.4 Å². The van der Waals surface area contributed by atoms with E-state index >= 15 is 0 Å². The molecule has 0 atom stereocenters. The molecule has 0 aliphatic heterocycles. The summed E-state index contributed by atoms with van der Waals surface area (Å²) >= 11 is 3.14. The Bertz CT molecular complexity index is 407. The molecule has 0 aliphatic rings. The van der Waals surface area contributed by atoms with E-state index < -0.39 is 5.97 Å². The van der Waals surface area contributed by atoms with Crippen molar-refractivity contribution in [1.82, 2.24) is 0 Å². The molecule has 1 aromatic carbocycles. The van der Waals surface area contributed by atoms with Crippen LogP contribution in [0.1, 0.15) is 21.5 Å². The van der Waals surface area contributed by atoms with Crippen LogP contribution < -0.4 is 0 Å². The summed E-state index contributed by atoms with van der Waals surface area (Å²) in [7, 11) is 0. The molecule has 0 saturated carbocycles. The fourth-order valence-electron chi connectivity index (χ4n) is 0.971. The lowest BCUT2D eigenvalue weighted by Crippen LogP contribution is -1.99. The van der Waals surface area contributed by atoms with Crippen LogP contribution in [0.2, 0.25) is 0 Å². The lowest BCUT2D eigenvalue weighted by molar-refractivity contribution is 0.0696. The van der Waals surface area contributed by atoms with Gasteiger partial charge in [-0.15, -0.1) is 0 Å². The summed E-state index contributed by atoms with van der Waals surface area (Å²) in [4.78, 5) is 10.7. The molecule has 0 aromatic heterocycles. The van der Waals surface area contributed by atoms with E-state index in [0.29, 0.717) is 15.6 Å². The number of halogens is 1. The van der Waals surface area contributed by atoms with Gasteiger partial charge in [-0.05, 0) is 40.5 Å². The predicted molar refractivity (Wildman–Crippen MR) is 50.6 cm³/mol. The van der Waals surface area contributed by atoms with Gasteiger partial charge in [-0.25, -0.2) is 4.79 Å². The zero-order chi connectivity index (χ0) is 10.0. The van der Waals surface area contributed by atoms with E-state index in [1.807, 2.05) is 6.07 Å².